The lowest BCUT2D eigenvalue weighted by Gasteiger charge is -2.08. The van der Waals surface area contributed by atoms with Crippen molar-refractivity contribution in [1.82, 2.24) is 10.3 Å². The van der Waals surface area contributed by atoms with E-state index in [0.29, 0.717) is 6.54 Å². The third-order valence-corrected chi connectivity index (χ3v) is 2.68. The maximum atomic E-state index is 13.8. The molecule has 0 aromatic carbocycles. The molecule has 0 radical (unpaired) electrons. The Balaban J connectivity index is 2.41. The van der Waals surface area contributed by atoms with Crippen LogP contribution in [0.25, 0.3) is 0 Å². The minimum atomic E-state index is -0.623. The maximum Gasteiger partial charge on any atom is 0.254 e. The van der Waals surface area contributed by atoms with E-state index in [2.05, 4.69) is 15.6 Å². The second kappa shape index (κ2) is 8.42. The number of amides is 1. The molecule has 0 saturated heterocycles. The number of hydrogen-bond acceptors (Lipinski definition) is 4. The third-order valence-electron chi connectivity index (χ3n) is 2.68. The molecule has 0 unspecified atom stereocenters. The van der Waals surface area contributed by atoms with Gasteiger partial charge in [-0.05, 0) is 25.3 Å². The van der Waals surface area contributed by atoms with Crippen LogP contribution in [-0.2, 0) is 4.74 Å². The molecule has 0 aliphatic carbocycles. The van der Waals surface area contributed by atoms with E-state index >= 15 is 0 Å². The second-order valence-electron chi connectivity index (χ2n) is 4.08. The standard InChI is InChI=1S/C13H20FN3O2/c1-15-12-11(14)10(6-8-16-12)13(18)17-7-4-3-5-9-19-2/h6,8H,3-5,7,9H2,1-2H3,(H,15,16)(H,17,18). The first-order chi connectivity index (χ1) is 9.20. The molecule has 0 spiro atoms. The van der Waals surface area contributed by atoms with Gasteiger partial charge in [0.25, 0.3) is 5.91 Å². The predicted molar refractivity (Wildman–Crippen MR) is 71.8 cm³/mol. The first-order valence-corrected chi connectivity index (χ1v) is 6.30. The number of carbonyl (C=O) groups is 1. The zero-order chi connectivity index (χ0) is 14.1. The van der Waals surface area contributed by atoms with E-state index in [1.807, 2.05) is 0 Å². The Morgan fingerprint density at radius 3 is 2.89 bits per heavy atom. The van der Waals surface area contributed by atoms with E-state index in [0.717, 1.165) is 25.9 Å². The van der Waals surface area contributed by atoms with Crippen molar-refractivity contribution in [2.75, 3.05) is 32.6 Å². The quantitative estimate of drug-likeness (QED) is 0.706. The molecule has 0 saturated carbocycles. The molecule has 1 rings (SSSR count). The number of ether oxygens (including phenoxy) is 1. The Morgan fingerprint density at radius 2 is 2.21 bits per heavy atom. The SMILES string of the molecule is CNc1nccc(C(=O)NCCCCCOC)c1F. The normalized spacial score (nSPS) is 10.3. The predicted octanol–water partition coefficient (Wildman–Crippen LogP) is 1.81. The summed E-state index contributed by atoms with van der Waals surface area (Å²) in [5.74, 6) is -0.960. The number of rotatable bonds is 8. The van der Waals surface area contributed by atoms with Crippen LogP contribution < -0.4 is 10.6 Å². The number of halogens is 1. The van der Waals surface area contributed by atoms with Crippen LogP contribution in [0.2, 0.25) is 0 Å². The Kier molecular flexibility index (Phi) is 6.81. The smallest absolute Gasteiger partial charge is 0.254 e. The Bertz CT molecular complexity index is 413. The summed E-state index contributed by atoms with van der Waals surface area (Å²) in [4.78, 5) is 15.6. The Morgan fingerprint density at radius 1 is 1.42 bits per heavy atom. The number of nitrogens with one attached hydrogen (secondary N) is 2. The fourth-order valence-electron chi connectivity index (χ4n) is 1.64. The van der Waals surface area contributed by atoms with Gasteiger partial charge < -0.3 is 15.4 Å². The summed E-state index contributed by atoms with van der Waals surface area (Å²) < 4.78 is 18.7. The molecule has 5 nitrogen and oxygen atoms in total. The van der Waals surface area contributed by atoms with Crippen molar-refractivity contribution >= 4 is 11.7 Å². The average molecular weight is 269 g/mol. The van der Waals surface area contributed by atoms with Crippen LogP contribution >= 0.6 is 0 Å². The van der Waals surface area contributed by atoms with Crippen molar-refractivity contribution in [2.24, 2.45) is 0 Å². The summed E-state index contributed by atoms with van der Waals surface area (Å²) in [7, 11) is 3.22. The molecule has 6 heteroatoms. The summed E-state index contributed by atoms with van der Waals surface area (Å²) in [6, 6.07) is 1.37. The van der Waals surface area contributed by atoms with Gasteiger partial charge in [0.1, 0.15) is 0 Å². The lowest BCUT2D eigenvalue weighted by Crippen LogP contribution is -2.25. The third kappa shape index (κ3) is 4.82. The van der Waals surface area contributed by atoms with Crippen LogP contribution in [0.1, 0.15) is 29.6 Å². The van der Waals surface area contributed by atoms with E-state index in [1.165, 1.54) is 12.3 Å². The molecule has 0 aliphatic heterocycles. The van der Waals surface area contributed by atoms with Crippen LogP contribution in [0.15, 0.2) is 12.3 Å². The Labute approximate surface area is 112 Å². The van der Waals surface area contributed by atoms with Gasteiger partial charge in [0, 0.05) is 33.5 Å². The molecular formula is C13H20FN3O2. The zero-order valence-corrected chi connectivity index (χ0v) is 11.3. The highest BCUT2D eigenvalue weighted by atomic mass is 19.1. The Hall–Kier alpha value is -1.69. The second-order valence-corrected chi connectivity index (χ2v) is 4.08. The molecule has 0 fully saturated rings. The van der Waals surface area contributed by atoms with Gasteiger partial charge in [0.15, 0.2) is 11.6 Å². The minimum Gasteiger partial charge on any atom is -0.385 e. The summed E-state index contributed by atoms with van der Waals surface area (Å²) in [5, 5.41) is 5.29. The number of nitrogens with zero attached hydrogens (tertiary/aromatic N) is 1. The fraction of sp³-hybridized carbons (Fsp3) is 0.538. The molecule has 1 heterocycles. The first-order valence-electron chi connectivity index (χ1n) is 6.30. The minimum absolute atomic E-state index is 0.0104. The lowest BCUT2D eigenvalue weighted by atomic mass is 10.2. The highest BCUT2D eigenvalue weighted by molar-refractivity contribution is 5.95. The van der Waals surface area contributed by atoms with Crippen molar-refractivity contribution in [3.63, 3.8) is 0 Å². The van der Waals surface area contributed by atoms with Crippen molar-refractivity contribution in [1.29, 1.82) is 0 Å². The first kappa shape index (κ1) is 15.4. The van der Waals surface area contributed by atoms with Gasteiger partial charge in [-0.25, -0.2) is 9.37 Å². The molecule has 1 aromatic heterocycles. The van der Waals surface area contributed by atoms with Crippen LogP contribution in [-0.4, -0.2) is 38.2 Å². The number of hydrogen-bond donors (Lipinski definition) is 2. The largest absolute Gasteiger partial charge is 0.385 e. The number of aromatic nitrogens is 1. The summed E-state index contributed by atoms with van der Waals surface area (Å²) in [5.41, 5.74) is 0.0104. The molecule has 2 N–H and O–H groups in total. The molecule has 19 heavy (non-hydrogen) atoms. The number of carbonyl (C=O) groups excluding carboxylic acids is 1. The molecule has 1 amide bonds. The number of methoxy groups -OCH3 is 1. The summed E-state index contributed by atoms with van der Waals surface area (Å²) in [6.45, 7) is 1.25. The van der Waals surface area contributed by atoms with Gasteiger partial charge in [0.2, 0.25) is 0 Å². The average Bonchev–Trinajstić information content (AvgIpc) is 2.42. The lowest BCUT2D eigenvalue weighted by molar-refractivity contribution is 0.0948. The zero-order valence-electron chi connectivity index (χ0n) is 11.3. The van der Waals surface area contributed by atoms with Crippen LogP contribution in [0.4, 0.5) is 10.2 Å². The van der Waals surface area contributed by atoms with Gasteiger partial charge in [-0.1, -0.05) is 0 Å². The van der Waals surface area contributed by atoms with Crippen molar-refractivity contribution < 1.29 is 13.9 Å². The number of unbranched alkanes of at least 4 members (excludes halogenated alkanes) is 2. The van der Waals surface area contributed by atoms with E-state index in [9.17, 15) is 9.18 Å². The van der Waals surface area contributed by atoms with Gasteiger partial charge in [0.05, 0.1) is 5.56 Å². The van der Waals surface area contributed by atoms with Gasteiger partial charge in [-0.15, -0.1) is 0 Å². The number of anilines is 1. The van der Waals surface area contributed by atoms with E-state index in [1.54, 1.807) is 14.2 Å². The van der Waals surface area contributed by atoms with Crippen molar-refractivity contribution in [3.8, 4) is 0 Å². The molecule has 1 aromatic rings. The summed E-state index contributed by atoms with van der Waals surface area (Å²) in [6.07, 6.45) is 4.18. The highest BCUT2D eigenvalue weighted by Gasteiger charge is 2.14. The van der Waals surface area contributed by atoms with Gasteiger partial charge in [-0.2, -0.15) is 0 Å². The molecule has 0 atom stereocenters. The fourth-order valence-corrected chi connectivity index (χ4v) is 1.64. The molecule has 0 bridgehead atoms. The molecule has 0 aliphatic rings. The van der Waals surface area contributed by atoms with Gasteiger partial charge in [-0.3, -0.25) is 4.79 Å². The van der Waals surface area contributed by atoms with Crippen LogP contribution in [0, 0.1) is 5.82 Å². The maximum absolute atomic E-state index is 13.8. The van der Waals surface area contributed by atoms with Crippen molar-refractivity contribution in [2.45, 2.75) is 19.3 Å². The topological polar surface area (TPSA) is 63.2 Å². The van der Waals surface area contributed by atoms with Crippen LogP contribution in [0.5, 0.6) is 0 Å². The van der Waals surface area contributed by atoms with Crippen molar-refractivity contribution in [3.05, 3.63) is 23.6 Å². The highest BCUT2D eigenvalue weighted by Crippen LogP contribution is 2.14. The molecular weight excluding hydrogens is 249 g/mol. The van der Waals surface area contributed by atoms with E-state index in [-0.39, 0.29) is 11.4 Å². The van der Waals surface area contributed by atoms with Gasteiger partial charge >= 0.3 is 0 Å². The van der Waals surface area contributed by atoms with E-state index < -0.39 is 11.7 Å². The van der Waals surface area contributed by atoms with Crippen LogP contribution in [0.3, 0.4) is 0 Å². The molecule has 106 valence electrons. The van der Waals surface area contributed by atoms with E-state index in [4.69, 9.17) is 4.74 Å². The monoisotopic (exact) mass is 269 g/mol. The number of pyridine rings is 1. The summed E-state index contributed by atoms with van der Waals surface area (Å²) >= 11 is 0.